The molecule has 1 aromatic carbocycles. The second-order valence-corrected chi connectivity index (χ2v) is 7.41. The number of carbonyl (C=O) groups is 1. The predicted octanol–water partition coefficient (Wildman–Crippen LogP) is 2.76. The van der Waals surface area contributed by atoms with Gasteiger partial charge < -0.3 is 20.1 Å². The molecule has 0 fully saturated rings. The van der Waals surface area contributed by atoms with Gasteiger partial charge in [0.05, 0.1) is 20.3 Å². The number of likely N-dealkylation sites (N-methyl/N-ethyl adjacent to an activating group) is 1. The average Bonchev–Trinajstić information content (AvgIpc) is 2.51. The number of nitrogens with zero attached hydrogens (tertiary/aromatic N) is 1. The molecule has 0 saturated heterocycles. The van der Waals surface area contributed by atoms with Gasteiger partial charge in [-0.15, -0.1) is 11.8 Å². The van der Waals surface area contributed by atoms with E-state index in [1.54, 1.807) is 37.9 Å². The number of benzene rings is 1. The number of nitrogens with two attached hydrogens (primary N) is 1. The Hall–Kier alpha value is -1.40. The largest absolute Gasteiger partial charge is 0.493 e. The van der Waals surface area contributed by atoms with Crippen LogP contribution in [0, 0.1) is 5.41 Å². The molecule has 0 aliphatic heterocycles. The fourth-order valence-electron chi connectivity index (χ4n) is 2.16. The van der Waals surface area contributed by atoms with Crippen molar-refractivity contribution in [3.8, 4) is 11.5 Å². The zero-order valence-electron chi connectivity index (χ0n) is 15.1. The van der Waals surface area contributed by atoms with Gasteiger partial charge in [0, 0.05) is 18.5 Å². The van der Waals surface area contributed by atoms with Gasteiger partial charge >= 0.3 is 0 Å². The Balaban J connectivity index is 3.06. The summed E-state index contributed by atoms with van der Waals surface area (Å²) in [5, 5.41) is 0. The Morgan fingerprint density at radius 1 is 1.26 bits per heavy atom. The molecular formula is C17H28N2O3S. The Morgan fingerprint density at radius 3 is 2.22 bits per heavy atom. The van der Waals surface area contributed by atoms with E-state index in [-0.39, 0.29) is 11.3 Å². The van der Waals surface area contributed by atoms with Crippen LogP contribution in [0.25, 0.3) is 0 Å². The number of ether oxygens (including phenoxy) is 2. The van der Waals surface area contributed by atoms with Gasteiger partial charge in [0.2, 0.25) is 5.91 Å². The summed E-state index contributed by atoms with van der Waals surface area (Å²) >= 11 is 1.61. The van der Waals surface area contributed by atoms with Crippen LogP contribution in [0.5, 0.6) is 11.5 Å². The molecule has 1 aromatic rings. The molecule has 5 nitrogen and oxygen atoms in total. The van der Waals surface area contributed by atoms with Crippen LogP contribution in [-0.2, 0) is 11.3 Å². The third kappa shape index (κ3) is 4.78. The summed E-state index contributed by atoms with van der Waals surface area (Å²) in [6.07, 6.45) is 1.99. The van der Waals surface area contributed by atoms with Crippen LogP contribution in [0.15, 0.2) is 17.0 Å². The highest BCUT2D eigenvalue weighted by atomic mass is 32.2. The molecule has 0 radical (unpaired) electrons. The standard InChI is InChI=1S/C17H28N2O3S/c1-17(2,3)15(18)16(20)19(4)10-11-8-12(21-5)13(22-6)9-14(11)23-7/h8-9,15H,10,18H2,1-7H3/t15-/m1/s1. The van der Waals surface area contributed by atoms with Crippen molar-refractivity contribution in [1.29, 1.82) is 0 Å². The van der Waals surface area contributed by atoms with E-state index in [0.29, 0.717) is 18.0 Å². The van der Waals surface area contributed by atoms with Crippen molar-refractivity contribution in [2.75, 3.05) is 27.5 Å². The van der Waals surface area contributed by atoms with E-state index in [0.717, 1.165) is 10.5 Å². The van der Waals surface area contributed by atoms with E-state index in [9.17, 15) is 4.79 Å². The Labute approximate surface area is 143 Å². The van der Waals surface area contributed by atoms with Crippen molar-refractivity contribution in [2.45, 2.75) is 38.3 Å². The number of methoxy groups -OCH3 is 2. The molecule has 0 bridgehead atoms. The van der Waals surface area contributed by atoms with Gasteiger partial charge in [-0.05, 0) is 29.4 Å². The first-order valence-electron chi connectivity index (χ1n) is 7.45. The molecular weight excluding hydrogens is 312 g/mol. The molecule has 0 spiro atoms. The van der Waals surface area contributed by atoms with Crippen LogP contribution in [-0.4, -0.2) is 44.4 Å². The van der Waals surface area contributed by atoms with Gasteiger partial charge in [-0.2, -0.15) is 0 Å². The van der Waals surface area contributed by atoms with Crippen LogP contribution in [0.1, 0.15) is 26.3 Å². The van der Waals surface area contributed by atoms with Crippen molar-refractivity contribution < 1.29 is 14.3 Å². The number of thioether (sulfide) groups is 1. The smallest absolute Gasteiger partial charge is 0.240 e. The molecule has 1 atom stereocenters. The molecule has 0 aliphatic rings. The fourth-order valence-corrected chi connectivity index (χ4v) is 2.77. The van der Waals surface area contributed by atoms with Crippen molar-refractivity contribution in [2.24, 2.45) is 11.1 Å². The Morgan fingerprint density at radius 2 is 1.78 bits per heavy atom. The minimum absolute atomic E-state index is 0.0701. The van der Waals surface area contributed by atoms with E-state index in [1.807, 2.05) is 39.2 Å². The van der Waals surface area contributed by atoms with Crippen LogP contribution in [0.2, 0.25) is 0 Å². The molecule has 1 rings (SSSR count). The Kier molecular flexibility index (Phi) is 6.77. The number of rotatable bonds is 6. The minimum atomic E-state index is -0.537. The maximum Gasteiger partial charge on any atom is 0.240 e. The summed E-state index contributed by atoms with van der Waals surface area (Å²) in [6, 6.07) is 3.31. The average molecular weight is 340 g/mol. The van der Waals surface area contributed by atoms with E-state index in [4.69, 9.17) is 15.2 Å². The van der Waals surface area contributed by atoms with Gasteiger partial charge in [-0.3, -0.25) is 4.79 Å². The monoisotopic (exact) mass is 340 g/mol. The van der Waals surface area contributed by atoms with Crippen molar-refractivity contribution in [3.05, 3.63) is 17.7 Å². The highest BCUT2D eigenvalue weighted by Crippen LogP contribution is 2.35. The summed E-state index contributed by atoms with van der Waals surface area (Å²) in [5.41, 5.74) is 6.81. The molecule has 0 aromatic heterocycles. The van der Waals surface area contributed by atoms with Crippen LogP contribution >= 0.6 is 11.8 Å². The van der Waals surface area contributed by atoms with E-state index in [2.05, 4.69) is 0 Å². The maximum absolute atomic E-state index is 12.5. The molecule has 0 unspecified atom stereocenters. The molecule has 2 N–H and O–H groups in total. The zero-order valence-corrected chi connectivity index (χ0v) is 15.9. The summed E-state index contributed by atoms with van der Waals surface area (Å²) in [7, 11) is 4.99. The molecule has 23 heavy (non-hydrogen) atoms. The van der Waals surface area contributed by atoms with Crippen molar-refractivity contribution >= 4 is 17.7 Å². The van der Waals surface area contributed by atoms with Crippen LogP contribution in [0.4, 0.5) is 0 Å². The molecule has 1 amide bonds. The zero-order chi connectivity index (χ0) is 17.8. The molecule has 0 saturated carbocycles. The molecule has 0 heterocycles. The second-order valence-electron chi connectivity index (χ2n) is 6.56. The molecule has 6 heteroatoms. The first kappa shape index (κ1) is 19.6. The topological polar surface area (TPSA) is 64.8 Å². The summed E-state index contributed by atoms with van der Waals surface area (Å²) in [6.45, 7) is 6.37. The number of amides is 1. The second kappa shape index (κ2) is 7.93. The number of hydrogen-bond acceptors (Lipinski definition) is 5. The van der Waals surface area contributed by atoms with Crippen LogP contribution in [0.3, 0.4) is 0 Å². The van der Waals surface area contributed by atoms with E-state index < -0.39 is 6.04 Å². The van der Waals surface area contributed by atoms with Gasteiger partial charge in [-0.25, -0.2) is 0 Å². The van der Waals surface area contributed by atoms with Gasteiger partial charge in [-0.1, -0.05) is 20.8 Å². The minimum Gasteiger partial charge on any atom is -0.493 e. The first-order chi connectivity index (χ1) is 10.6. The van der Waals surface area contributed by atoms with Crippen molar-refractivity contribution in [3.63, 3.8) is 0 Å². The lowest BCUT2D eigenvalue weighted by molar-refractivity contribution is -0.134. The summed E-state index contributed by atoms with van der Waals surface area (Å²) in [4.78, 5) is 15.2. The summed E-state index contributed by atoms with van der Waals surface area (Å²) in [5.74, 6) is 1.27. The number of carbonyl (C=O) groups excluding carboxylic acids is 1. The lowest BCUT2D eigenvalue weighted by Gasteiger charge is -2.30. The number of hydrogen-bond donors (Lipinski definition) is 1. The van der Waals surface area contributed by atoms with Gasteiger partial charge in [0.15, 0.2) is 11.5 Å². The quantitative estimate of drug-likeness (QED) is 0.807. The highest BCUT2D eigenvalue weighted by molar-refractivity contribution is 7.98. The molecule has 130 valence electrons. The first-order valence-corrected chi connectivity index (χ1v) is 8.67. The third-order valence-electron chi connectivity index (χ3n) is 3.77. The normalized spacial score (nSPS) is 12.7. The van der Waals surface area contributed by atoms with E-state index in [1.165, 1.54) is 0 Å². The van der Waals surface area contributed by atoms with Crippen LogP contribution < -0.4 is 15.2 Å². The van der Waals surface area contributed by atoms with E-state index >= 15 is 0 Å². The van der Waals surface area contributed by atoms with Crippen molar-refractivity contribution in [1.82, 2.24) is 4.90 Å². The van der Waals surface area contributed by atoms with Gasteiger partial charge in [0.1, 0.15) is 0 Å². The third-order valence-corrected chi connectivity index (χ3v) is 4.59. The lowest BCUT2D eigenvalue weighted by Crippen LogP contribution is -2.48. The lowest BCUT2D eigenvalue weighted by atomic mass is 9.86. The highest BCUT2D eigenvalue weighted by Gasteiger charge is 2.30. The molecule has 0 aliphatic carbocycles. The van der Waals surface area contributed by atoms with Gasteiger partial charge in [0.25, 0.3) is 0 Å². The fraction of sp³-hybridized carbons (Fsp3) is 0.588. The Bertz CT molecular complexity index is 556. The SMILES string of the molecule is COc1cc(CN(C)C(=O)[C@@H](N)C(C)(C)C)c(SC)cc1OC. The predicted molar refractivity (Wildman–Crippen MR) is 95.2 cm³/mol. The maximum atomic E-state index is 12.5. The summed E-state index contributed by atoms with van der Waals surface area (Å²) < 4.78 is 10.7.